The summed E-state index contributed by atoms with van der Waals surface area (Å²) in [6.07, 6.45) is -0.880. The number of carbonyl (C=O) groups excluding carboxylic acids is 2. The molecule has 3 N–H and O–H groups in total. The second-order valence-corrected chi connectivity index (χ2v) is 6.31. The van der Waals surface area contributed by atoms with Crippen LogP contribution in [0.3, 0.4) is 0 Å². The molecule has 3 rings (SSSR count). The van der Waals surface area contributed by atoms with E-state index in [-0.39, 0.29) is 5.91 Å². The van der Waals surface area contributed by atoms with E-state index in [9.17, 15) is 9.59 Å². The third kappa shape index (κ3) is 4.52. The van der Waals surface area contributed by atoms with E-state index < -0.39 is 6.09 Å². The highest BCUT2D eigenvalue weighted by molar-refractivity contribution is 6.08. The van der Waals surface area contributed by atoms with Crippen LogP contribution in [-0.4, -0.2) is 12.0 Å². The molecule has 136 valence electrons. The van der Waals surface area contributed by atoms with Gasteiger partial charge in [-0.3, -0.25) is 4.79 Å². The molecule has 3 aromatic rings. The van der Waals surface area contributed by atoms with Crippen LogP contribution in [0.15, 0.2) is 66.7 Å². The summed E-state index contributed by atoms with van der Waals surface area (Å²) in [5.41, 5.74) is 10.2. The van der Waals surface area contributed by atoms with Crippen molar-refractivity contribution in [3.63, 3.8) is 0 Å². The molecule has 0 spiro atoms. The number of aryl methyl sites for hydroxylation is 2. The zero-order valence-corrected chi connectivity index (χ0v) is 15.2. The summed E-state index contributed by atoms with van der Waals surface area (Å²) in [4.78, 5) is 23.6. The highest BCUT2D eigenvalue weighted by Gasteiger charge is 2.14. The van der Waals surface area contributed by atoms with E-state index in [1.165, 1.54) is 0 Å². The number of rotatable bonds is 4. The number of nitrogens with two attached hydrogens (primary N) is 1. The number of nitrogens with one attached hydrogen (secondary N) is 1. The Hall–Kier alpha value is -3.60. The Balaban J connectivity index is 1.87. The van der Waals surface area contributed by atoms with Crippen molar-refractivity contribution in [1.82, 2.24) is 0 Å². The Morgan fingerprint density at radius 1 is 0.852 bits per heavy atom. The SMILES string of the molecule is Cc1ccc(-c2ccc(C)cc2C(=O)Nc2ccc(OC(N)=O)cc2)cc1. The van der Waals surface area contributed by atoms with Gasteiger partial charge < -0.3 is 15.8 Å². The van der Waals surface area contributed by atoms with E-state index in [0.717, 1.165) is 22.3 Å². The number of hydrogen-bond donors (Lipinski definition) is 2. The zero-order chi connectivity index (χ0) is 19.4. The zero-order valence-electron chi connectivity index (χ0n) is 15.2. The van der Waals surface area contributed by atoms with Gasteiger partial charge in [-0.25, -0.2) is 4.79 Å². The maximum atomic E-state index is 12.9. The maximum absolute atomic E-state index is 12.9. The number of carbonyl (C=O) groups is 2. The third-order valence-electron chi connectivity index (χ3n) is 4.11. The summed E-state index contributed by atoms with van der Waals surface area (Å²) in [5.74, 6) is 0.106. The summed E-state index contributed by atoms with van der Waals surface area (Å²) >= 11 is 0. The van der Waals surface area contributed by atoms with Gasteiger partial charge in [-0.2, -0.15) is 0 Å². The molecule has 0 heterocycles. The van der Waals surface area contributed by atoms with Crippen molar-refractivity contribution in [2.75, 3.05) is 5.32 Å². The first-order valence-corrected chi connectivity index (χ1v) is 8.49. The van der Waals surface area contributed by atoms with Gasteiger partial charge in [0.2, 0.25) is 0 Å². The minimum atomic E-state index is -0.880. The van der Waals surface area contributed by atoms with Crippen molar-refractivity contribution in [2.45, 2.75) is 13.8 Å². The number of hydrogen-bond acceptors (Lipinski definition) is 3. The van der Waals surface area contributed by atoms with Gasteiger partial charge in [0.1, 0.15) is 5.75 Å². The topological polar surface area (TPSA) is 81.4 Å². The number of benzene rings is 3. The van der Waals surface area contributed by atoms with Crippen molar-refractivity contribution < 1.29 is 14.3 Å². The molecule has 0 radical (unpaired) electrons. The van der Waals surface area contributed by atoms with Crippen LogP contribution in [0.25, 0.3) is 11.1 Å². The summed E-state index contributed by atoms with van der Waals surface area (Å²) in [6.45, 7) is 3.98. The summed E-state index contributed by atoms with van der Waals surface area (Å²) in [6, 6.07) is 20.3. The van der Waals surface area contributed by atoms with Gasteiger partial charge in [0.05, 0.1) is 0 Å². The number of primary amides is 1. The third-order valence-corrected chi connectivity index (χ3v) is 4.11. The molecule has 0 aliphatic rings. The van der Waals surface area contributed by atoms with E-state index in [0.29, 0.717) is 17.0 Å². The van der Waals surface area contributed by atoms with Gasteiger partial charge in [0.25, 0.3) is 5.91 Å². The van der Waals surface area contributed by atoms with Crippen LogP contribution in [0.5, 0.6) is 5.75 Å². The van der Waals surface area contributed by atoms with Crippen molar-refractivity contribution in [3.05, 3.63) is 83.4 Å². The first-order chi connectivity index (χ1) is 12.9. The second-order valence-electron chi connectivity index (χ2n) is 6.31. The molecule has 27 heavy (non-hydrogen) atoms. The molecule has 0 saturated heterocycles. The lowest BCUT2D eigenvalue weighted by atomic mass is 9.96. The molecular formula is C22H20N2O3. The minimum Gasteiger partial charge on any atom is -0.411 e. The molecule has 5 nitrogen and oxygen atoms in total. The van der Waals surface area contributed by atoms with Crippen LogP contribution in [0.4, 0.5) is 10.5 Å². The quantitative estimate of drug-likeness (QED) is 0.709. The maximum Gasteiger partial charge on any atom is 0.409 e. The van der Waals surface area contributed by atoms with Crippen molar-refractivity contribution >= 4 is 17.7 Å². The number of ether oxygens (including phenoxy) is 1. The Labute approximate surface area is 157 Å². The van der Waals surface area contributed by atoms with Gasteiger partial charge in [0, 0.05) is 11.3 Å². The predicted molar refractivity (Wildman–Crippen MR) is 106 cm³/mol. The Morgan fingerprint density at radius 2 is 1.48 bits per heavy atom. The van der Waals surface area contributed by atoms with E-state index in [1.807, 2.05) is 56.3 Å². The first kappa shape index (κ1) is 18.2. The lowest BCUT2D eigenvalue weighted by Crippen LogP contribution is -2.16. The van der Waals surface area contributed by atoms with Gasteiger partial charge in [-0.15, -0.1) is 0 Å². The van der Waals surface area contributed by atoms with Gasteiger partial charge >= 0.3 is 6.09 Å². The summed E-state index contributed by atoms with van der Waals surface area (Å²) < 4.78 is 4.79. The monoisotopic (exact) mass is 360 g/mol. The normalized spacial score (nSPS) is 10.3. The lowest BCUT2D eigenvalue weighted by Gasteiger charge is -2.12. The fraction of sp³-hybridized carbons (Fsp3) is 0.0909. The lowest BCUT2D eigenvalue weighted by molar-refractivity contribution is 0.102. The molecular weight excluding hydrogens is 340 g/mol. The smallest absolute Gasteiger partial charge is 0.409 e. The van der Waals surface area contributed by atoms with Crippen LogP contribution in [-0.2, 0) is 0 Å². The molecule has 5 heteroatoms. The van der Waals surface area contributed by atoms with E-state index in [2.05, 4.69) is 5.32 Å². The van der Waals surface area contributed by atoms with Crippen molar-refractivity contribution in [3.8, 4) is 16.9 Å². The second kappa shape index (κ2) is 7.74. The highest BCUT2D eigenvalue weighted by Crippen LogP contribution is 2.26. The molecule has 0 unspecified atom stereocenters. The fourth-order valence-corrected chi connectivity index (χ4v) is 2.75. The minimum absolute atomic E-state index is 0.210. The molecule has 0 fully saturated rings. The van der Waals surface area contributed by atoms with Crippen LogP contribution < -0.4 is 15.8 Å². The Kier molecular flexibility index (Phi) is 5.22. The molecule has 0 aromatic heterocycles. The summed E-state index contributed by atoms with van der Waals surface area (Å²) in [7, 11) is 0. The first-order valence-electron chi connectivity index (χ1n) is 8.49. The highest BCUT2D eigenvalue weighted by atomic mass is 16.5. The fourth-order valence-electron chi connectivity index (χ4n) is 2.75. The number of anilines is 1. The van der Waals surface area contributed by atoms with Crippen molar-refractivity contribution in [1.29, 1.82) is 0 Å². The standard InChI is InChI=1S/C22H20N2O3/c1-14-3-6-16(7-4-14)19-12-5-15(2)13-20(19)21(25)24-17-8-10-18(11-9-17)27-22(23)26/h3-13H,1-2H3,(H2,23,26)(H,24,25). The summed E-state index contributed by atoms with van der Waals surface area (Å²) in [5, 5.41) is 2.88. The molecule has 0 atom stereocenters. The molecule has 0 aliphatic carbocycles. The average molecular weight is 360 g/mol. The van der Waals surface area contributed by atoms with Crippen molar-refractivity contribution in [2.24, 2.45) is 5.73 Å². The van der Waals surface area contributed by atoms with E-state index >= 15 is 0 Å². The van der Waals surface area contributed by atoms with Gasteiger partial charge in [-0.1, -0.05) is 47.5 Å². The van der Waals surface area contributed by atoms with Crippen LogP contribution in [0.2, 0.25) is 0 Å². The van der Waals surface area contributed by atoms with Gasteiger partial charge in [0.15, 0.2) is 0 Å². The Bertz CT molecular complexity index is 977. The van der Waals surface area contributed by atoms with Crippen LogP contribution >= 0.6 is 0 Å². The van der Waals surface area contributed by atoms with E-state index in [4.69, 9.17) is 10.5 Å². The van der Waals surface area contributed by atoms with E-state index in [1.54, 1.807) is 24.3 Å². The van der Waals surface area contributed by atoms with Crippen LogP contribution in [0, 0.1) is 13.8 Å². The molecule has 0 bridgehead atoms. The Morgan fingerprint density at radius 3 is 2.11 bits per heavy atom. The molecule has 3 aromatic carbocycles. The molecule has 0 aliphatic heterocycles. The van der Waals surface area contributed by atoms with Gasteiger partial charge in [-0.05, 0) is 55.3 Å². The number of amides is 2. The largest absolute Gasteiger partial charge is 0.411 e. The predicted octanol–water partition coefficient (Wildman–Crippen LogP) is 4.68. The average Bonchev–Trinajstić information content (AvgIpc) is 2.64. The molecule has 0 saturated carbocycles. The molecule has 2 amide bonds. The van der Waals surface area contributed by atoms with Crippen LogP contribution in [0.1, 0.15) is 21.5 Å².